The maximum Gasteiger partial charge on any atom is 0.354 e. The summed E-state index contributed by atoms with van der Waals surface area (Å²) in [7, 11) is 0. The third-order valence-electron chi connectivity index (χ3n) is 2.54. The van der Waals surface area contributed by atoms with Gasteiger partial charge >= 0.3 is 5.97 Å². The van der Waals surface area contributed by atoms with Gasteiger partial charge in [-0.2, -0.15) is 0 Å². The Morgan fingerprint density at radius 1 is 1.69 bits per heavy atom. The molecule has 0 aromatic heterocycles. The molecule has 1 atom stereocenters. The van der Waals surface area contributed by atoms with Gasteiger partial charge in [-0.25, -0.2) is 4.79 Å². The predicted molar refractivity (Wildman–Crippen MR) is 48.8 cm³/mol. The molecule has 0 bridgehead atoms. The topological polar surface area (TPSA) is 52.9 Å². The number of nitrogens with zero attached hydrogens (tertiary/aromatic N) is 2. The summed E-state index contributed by atoms with van der Waals surface area (Å²) in [6, 6.07) is 0.424. The van der Waals surface area contributed by atoms with Gasteiger partial charge in [-0.3, -0.25) is 4.99 Å². The fraction of sp³-hybridized carbons (Fsp3) is 0.556. The average Bonchev–Trinajstić information content (AvgIpc) is 2.44. The molecule has 0 radical (unpaired) electrons. The first-order chi connectivity index (χ1) is 6.27. The minimum absolute atomic E-state index is 0.175. The quantitative estimate of drug-likeness (QED) is 0.639. The van der Waals surface area contributed by atoms with Gasteiger partial charge in [-0.15, -0.1) is 0 Å². The summed E-state index contributed by atoms with van der Waals surface area (Å²) in [5, 5.41) is 8.73. The van der Waals surface area contributed by atoms with Gasteiger partial charge in [-0.05, 0) is 18.9 Å². The molecule has 0 saturated carbocycles. The van der Waals surface area contributed by atoms with E-state index in [1.807, 2.05) is 6.20 Å². The van der Waals surface area contributed by atoms with E-state index in [-0.39, 0.29) is 5.71 Å². The highest BCUT2D eigenvalue weighted by Gasteiger charge is 2.23. The second kappa shape index (κ2) is 3.20. The minimum atomic E-state index is -0.933. The molecule has 2 aliphatic rings. The summed E-state index contributed by atoms with van der Waals surface area (Å²) in [5.74, 6) is -0.933. The zero-order valence-electron chi connectivity index (χ0n) is 7.31. The number of carboxylic acids is 1. The van der Waals surface area contributed by atoms with Crippen LogP contribution in [-0.4, -0.2) is 40.8 Å². The van der Waals surface area contributed by atoms with Gasteiger partial charge in [-0.1, -0.05) is 0 Å². The summed E-state index contributed by atoms with van der Waals surface area (Å²) in [6.45, 7) is 1.65. The number of aliphatic carboxylic acids is 1. The highest BCUT2D eigenvalue weighted by Crippen LogP contribution is 2.19. The van der Waals surface area contributed by atoms with E-state index < -0.39 is 5.97 Å². The highest BCUT2D eigenvalue weighted by molar-refractivity contribution is 6.40. The van der Waals surface area contributed by atoms with Crippen LogP contribution in [0.5, 0.6) is 0 Å². The monoisotopic (exact) mass is 180 g/mol. The molecule has 4 nitrogen and oxygen atoms in total. The number of rotatable bonds is 1. The van der Waals surface area contributed by atoms with E-state index in [1.54, 1.807) is 6.08 Å². The first-order valence-corrected chi connectivity index (χ1v) is 4.49. The molecule has 4 heteroatoms. The molecule has 1 N–H and O–H groups in total. The molecule has 1 saturated heterocycles. The molecule has 2 aliphatic heterocycles. The lowest BCUT2D eigenvalue weighted by molar-refractivity contribution is -0.129. The number of carbonyl (C=O) groups is 1. The van der Waals surface area contributed by atoms with Crippen LogP contribution in [0.25, 0.3) is 0 Å². The lowest BCUT2D eigenvalue weighted by Crippen LogP contribution is -2.25. The zero-order valence-corrected chi connectivity index (χ0v) is 7.31. The Morgan fingerprint density at radius 3 is 3.31 bits per heavy atom. The van der Waals surface area contributed by atoms with Crippen molar-refractivity contribution in [2.24, 2.45) is 4.99 Å². The van der Waals surface area contributed by atoms with E-state index in [4.69, 9.17) is 5.11 Å². The first kappa shape index (κ1) is 8.29. The number of fused-ring (bicyclic) bond motifs is 1. The van der Waals surface area contributed by atoms with Gasteiger partial charge in [0.1, 0.15) is 5.71 Å². The van der Waals surface area contributed by atoms with Crippen LogP contribution in [0.3, 0.4) is 0 Å². The summed E-state index contributed by atoms with van der Waals surface area (Å²) in [4.78, 5) is 16.9. The molecule has 2 rings (SSSR count). The molecule has 0 aromatic rings. The van der Waals surface area contributed by atoms with Crippen molar-refractivity contribution in [3.63, 3.8) is 0 Å². The summed E-state index contributed by atoms with van der Waals surface area (Å²) >= 11 is 0. The van der Waals surface area contributed by atoms with Crippen LogP contribution < -0.4 is 0 Å². The molecule has 70 valence electrons. The first-order valence-electron chi connectivity index (χ1n) is 4.49. The molecule has 1 unspecified atom stereocenters. The van der Waals surface area contributed by atoms with Crippen LogP contribution in [0.1, 0.15) is 12.8 Å². The van der Waals surface area contributed by atoms with E-state index in [2.05, 4.69) is 9.89 Å². The van der Waals surface area contributed by atoms with Crippen LogP contribution >= 0.6 is 0 Å². The smallest absolute Gasteiger partial charge is 0.354 e. The Labute approximate surface area is 76.6 Å². The number of hydrogen-bond donors (Lipinski definition) is 1. The minimum Gasteiger partial charge on any atom is -0.477 e. The zero-order chi connectivity index (χ0) is 9.26. The Kier molecular flexibility index (Phi) is 2.04. The Morgan fingerprint density at radius 2 is 2.54 bits per heavy atom. The van der Waals surface area contributed by atoms with Crippen molar-refractivity contribution >= 4 is 11.7 Å². The Bertz CT molecular complexity index is 283. The molecule has 1 fully saturated rings. The van der Waals surface area contributed by atoms with Crippen molar-refractivity contribution in [3.05, 3.63) is 12.3 Å². The molecule has 2 heterocycles. The lowest BCUT2D eigenvalue weighted by atomic mass is 10.2. The van der Waals surface area contributed by atoms with Gasteiger partial charge in [0.2, 0.25) is 0 Å². The third kappa shape index (κ3) is 1.56. The third-order valence-corrected chi connectivity index (χ3v) is 2.54. The standard InChI is InChI=1S/C9H12N2O2/c12-9(13)8-3-5-11-4-1-2-7(11)6-10-8/h3,5,7H,1-2,4,6H2,(H,12,13). The van der Waals surface area contributed by atoms with Gasteiger partial charge in [0.25, 0.3) is 0 Å². The maximum absolute atomic E-state index is 10.6. The molecule has 0 aliphatic carbocycles. The van der Waals surface area contributed by atoms with Crippen LogP contribution in [0.2, 0.25) is 0 Å². The van der Waals surface area contributed by atoms with E-state index in [0.717, 1.165) is 13.0 Å². The number of hydrogen-bond acceptors (Lipinski definition) is 3. The number of carboxylic acid groups (broad SMARTS) is 1. The largest absolute Gasteiger partial charge is 0.477 e. The van der Waals surface area contributed by atoms with Crippen molar-refractivity contribution in [2.45, 2.75) is 18.9 Å². The van der Waals surface area contributed by atoms with Crippen molar-refractivity contribution in [3.8, 4) is 0 Å². The van der Waals surface area contributed by atoms with Gasteiger partial charge < -0.3 is 10.0 Å². The molecular weight excluding hydrogens is 168 g/mol. The molecule has 13 heavy (non-hydrogen) atoms. The SMILES string of the molecule is O=C(O)C1=NCC2CCCN2C=C1. The normalized spacial score (nSPS) is 26.6. The maximum atomic E-state index is 10.6. The van der Waals surface area contributed by atoms with E-state index in [1.165, 1.54) is 6.42 Å². The van der Waals surface area contributed by atoms with E-state index in [0.29, 0.717) is 12.6 Å². The molecule has 0 spiro atoms. The van der Waals surface area contributed by atoms with E-state index >= 15 is 0 Å². The second-order valence-corrected chi connectivity index (χ2v) is 3.38. The van der Waals surface area contributed by atoms with Crippen LogP contribution in [0, 0.1) is 0 Å². The van der Waals surface area contributed by atoms with E-state index in [9.17, 15) is 4.79 Å². The fourth-order valence-corrected chi connectivity index (χ4v) is 1.81. The Hall–Kier alpha value is -1.32. The average molecular weight is 180 g/mol. The van der Waals surface area contributed by atoms with Crippen LogP contribution in [0.15, 0.2) is 17.3 Å². The van der Waals surface area contributed by atoms with Gasteiger partial charge in [0.05, 0.1) is 6.54 Å². The number of aliphatic imine (C=N–C) groups is 1. The fourth-order valence-electron chi connectivity index (χ4n) is 1.81. The predicted octanol–water partition coefficient (Wildman–Crippen LogP) is 0.504. The van der Waals surface area contributed by atoms with Crippen molar-refractivity contribution < 1.29 is 9.90 Å². The van der Waals surface area contributed by atoms with Crippen molar-refractivity contribution in [1.29, 1.82) is 0 Å². The summed E-state index contributed by atoms with van der Waals surface area (Å²) < 4.78 is 0. The molecule has 0 amide bonds. The van der Waals surface area contributed by atoms with Gasteiger partial charge in [0.15, 0.2) is 0 Å². The summed E-state index contributed by atoms with van der Waals surface area (Å²) in [6.07, 6.45) is 5.76. The summed E-state index contributed by atoms with van der Waals surface area (Å²) in [5.41, 5.74) is 0.175. The Balaban J connectivity index is 2.16. The second-order valence-electron chi connectivity index (χ2n) is 3.38. The van der Waals surface area contributed by atoms with Crippen molar-refractivity contribution in [1.82, 2.24) is 4.90 Å². The van der Waals surface area contributed by atoms with Crippen LogP contribution in [0.4, 0.5) is 0 Å². The molecular formula is C9H12N2O2. The van der Waals surface area contributed by atoms with Gasteiger partial charge in [0, 0.05) is 18.8 Å². The van der Waals surface area contributed by atoms with Crippen LogP contribution in [-0.2, 0) is 4.79 Å². The van der Waals surface area contributed by atoms with Crippen molar-refractivity contribution in [2.75, 3.05) is 13.1 Å². The molecule has 0 aromatic carbocycles. The lowest BCUT2D eigenvalue weighted by Gasteiger charge is -2.18. The highest BCUT2D eigenvalue weighted by atomic mass is 16.4.